The van der Waals surface area contributed by atoms with Crippen LogP contribution in [0.15, 0.2) is 40.8 Å². The summed E-state index contributed by atoms with van der Waals surface area (Å²) in [5.41, 5.74) is 0.598. The predicted molar refractivity (Wildman–Crippen MR) is 95.7 cm³/mol. The summed E-state index contributed by atoms with van der Waals surface area (Å²) in [6, 6.07) is 10.8. The molecule has 1 aromatic carbocycles. The van der Waals surface area contributed by atoms with Gasteiger partial charge in [-0.15, -0.1) is 0 Å². The van der Waals surface area contributed by atoms with Crippen LogP contribution in [0.4, 0.5) is 0 Å². The van der Waals surface area contributed by atoms with Gasteiger partial charge >= 0.3 is 0 Å². The van der Waals surface area contributed by atoms with Crippen molar-refractivity contribution < 1.29 is 18.7 Å². The standard InChI is InChI=1S/C20H25NO4/c1-4-13-24-17-9-6-16(7-10-17)19(22)11-12-20(23)21(3)14-18-8-5-15(2)25-18/h5-10H,4,11-14H2,1-3H3. The monoisotopic (exact) mass is 343 g/mol. The highest BCUT2D eigenvalue weighted by molar-refractivity contribution is 5.98. The number of Topliss-reactive ketones (excluding diaryl/α,β-unsaturated/α-hetero) is 1. The number of nitrogens with zero attached hydrogens (tertiary/aromatic N) is 1. The van der Waals surface area contributed by atoms with Crippen molar-refractivity contribution in [2.75, 3.05) is 13.7 Å². The van der Waals surface area contributed by atoms with Gasteiger partial charge in [0.2, 0.25) is 5.91 Å². The molecule has 5 heteroatoms. The Morgan fingerprint density at radius 1 is 1.08 bits per heavy atom. The van der Waals surface area contributed by atoms with Crippen molar-refractivity contribution in [2.24, 2.45) is 0 Å². The molecule has 25 heavy (non-hydrogen) atoms. The lowest BCUT2D eigenvalue weighted by Gasteiger charge is -2.15. The molecule has 0 saturated heterocycles. The molecule has 0 radical (unpaired) electrons. The largest absolute Gasteiger partial charge is 0.494 e. The van der Waals surface area contributed by atoms with Crippen LogP contribution in [0.3, 0.4) is 0 Å². The van der Waals surface area contributed by atoms with Crippen LogP contribution in [0.5, 0.6) is 5.75 Å². The van der Waals surface area contributed by atoms with Gasteiger partial charge in [0.25, 0.3) is 0 Å². The second-order valence-corrected chi connectivity index (χ2v) is 6.06. The molecule has 0 aliphatic rings. The van der Waals surface area contributed by atoms with Crippen LogP contribution in [0.1, 0.15) is 48.1 Å². The molecule has 134 valence electrons. The van der Waals surface area contributed by atoms with E-state index in [1.807, 2.05) is 26.0 Å². The van der Waals surface area contributed by atoms with E-state index in [4.69, 9.17) is 9.15 Å². The maximum absolute atomic E-state index is 12.2. The summed E-state index contributed by atoms with van der Waals surface area (Å²) >= 11 is 0. The van der Waals surface area contributed by atoms with Gasteiger partial charge in [0, 0.05) is 25.5 Å². The Labute approximate surface area is 148 Å². The number of hydrogen-bond acceptors (Lipinski definition) is 4. The predicted octanol–water partition coefficient (Wildman–Crippen LogP) is 4.00. The van der Waals surface area contributed by atoms with E-state index in [0.29, 0.717) is 18.7 Å². The fourth-order valence-electron chi connectivity index (χ4n) is 2.40. The van der Waals surface area contributed by atoms with Crippen molar-refractivity contribution in [1.82, 2.24) is 4.90 Å². The lowest BCUT2D eigenvalue weighted by molar-refractivity contribution is -0.130. The zero-order valence-corrected chi connectivity index (χ0v) is 15.1. The lowest BCUT2D eigenvalue weighted by Crippen LogP contribution is -2.26. The molecular weight excluding hydrogens is 318 g/mol. The molecule has 1 amide bonds. The highest BCUT2D eigenvalue weighted by Gasteiger charge is 2.14. The third-order valence-electron chi connectivity index (χ3n) is 3.83. The Morgan fingerprint density at radius 3 is 2.40 bits per heavy atom. The Bertz CT molecular complexity index is 703. The zero-order valence-electron chi connectivity index (χ0n) is 15.1. The van der Waals surface area contributed by atoms with Crippen LogP contribution in [0, 0.1) is 6.92 Å². The van der Waals surface area contributed by atoms with E-state index in [1.54, 1.807) is 36.2 Å². The van der Waals surface area contributed by atoms with Gasteiger partial charge in [0.05, 0.1) is 13.2 Å². The van der Waals surface area contributed by atoms with Gasteiger partial charge in [0.15, 0.2) is 5.78 Å². The van der Waals surface area contributed by atoms with Gasteiger partial charge in [-0.2, -0.15) is 0 Å². The van der Waals surface area contributed by atoms with Gasteiger partial charge < -0.3 is 14.1 Å². The van der Waals surface area contributed by atoms with E-state index in [2.05, 4.69) is 0 Å². The molecule has 2 rings (SSSR count). The summed E-state index contributed by atoms with van der Waals surface area (Å²) in [7, 11) is 1.71. The van der Waals surface area contributed by atoms with Crippen LogP contribution >= 0.6 is 0 Å². The molecule has 2 aromatic rings. The van der Waals surface area contributed by atoms with E-state index in [9.17, 15) is 9.59 Å². The lowest BCUT2D eigenvalue weighted by atomic mass is 10.1. The molecule has 0 atom stereocenters. The van der Waals surface area contributed by atoms with Crippen molar-refractivity contribution in [3.05, 3.63) is 53.5 Å². The van der Waals surface area contributed by atoms with E-state index in [0.717, 1.165) is 23.7 Å². The maximum Gasteiger partial charge on any atom is 0.223 e. The number of furan rings is 1. The fraction of sp³-hybridized carbons (Fsp3) is 0.400. The van der Waals surface area contributed by atoms with Gasteiger partial charge in [-0.05, 0) is 49.7 Å². The summed E-state index contributed by atoms with van der Waals surface area (Å²) in [4.78, 5) is 26.0. The molecule has 1 aromatic heterocycles. The molecule has 0 fully saturated rings. The number of aryl methyl sites for hydroxylation is 1. The minimum Gasteiger partial charge on any atom is -0.494 e. The number of benzene rings is 1. The summed E-state index contributed by atoms with van der Waals surface area (Å²) in [5.74, 6) is 2.19. The minimum atomic E-state index is -0.0784. The van der Waals surface area contributed by atoms with Crippen LogP contribution in [0.2, 0.25) is 0 Å². The number of amides is 1. The van der Waals surface area contributed by atoms with Crippen molar-refractivity contribution in [2.45, 2.75) is 39.7 Å². The Morgan fingerprint density at radius 2 is 1.80 bits per heavy atom. The molecule has 0 aliphatic heterocycles. The molecule has 0 aliphatic carbocycles. The summed E-state index contributed by atoms with van der Waals surface area (Å²) in [6.07, 6.45) is 1.31. The van der Waals surface area contributed by atoms with Gasteiger partial charge in [-0.3, -0.25) is 9.59 Å². The molecule has 0 N–H and O–H groups in total. The van der Waals surface area contributed by atoms with Crippen molar-refractivity contribution >= 4 is 11.7 Å². The number of carbonyl (C=O) groups is 2. The summed E-state index contributed by atoms with van der Waals surface area (Å²) in [5, 5.41) is 0. The van der Waals surface area contributed by atoms with E-state index in [-0.39, 0.29) is 24.5 Å². The van der Waals surface area contributed by atoms with Crippen molar-refractivity contribution in [3.8, 4) is 5.75 Å². The van der Waals surface area contributed by atoms with Crippen LogP contribution < -0.4 is 4.74 Å². The number of rotatable bonds is 9. The van der Waals surface area contributed by atoms with Crippen LogP contribution in [0.25, 0.3) is 0 Å². The van der Waals surface area contributed by atoms with Crippen molar-refractivity contribution in [1.29, 1.82) is 0 Å². The minimum absolute atomic E-state index is 0.0439. The van der Waals surface area contributed by atoms with Crippen LogP contribution in [-0.4, -0.2) is 30.2 Å². The molecule has 0 bridgehead atoms. The maximum atomic E-state index is 12.2. The quantitative estimate of drug-likeness (QED) is 0.646. The molecule has 0 saturated carbocycles. The smallest absolute Gasteiger partial charge is 0.223 e. The Kier molecular flexibility index (Phi) is 6.81. The van der Waals surface area contributed by atoms with Crippen LogP contribution in [-0.2, 0) is 11.3 Å². The molecule has 5 nitrogen and oxygen atoms in total. The van der Waals surface area contributed by atoms with Gasteiger partial charge in [0.1, 0.15) is 17.3 Å². The molecule has 0 unspecified atom stereocenters. The van der Waals surface area contributed by atoms with Gasteiger partial charge in [-0.1, -0.05) is 6.92 Å². The number of ketones is 1. The number of hydrogen-bond donors (Lipinski definition) is 0. The third kappa shape index (κ3) is 5.78. The van der Waals surface area contributed by atoms with E-state index in [1.165, 1.54) is 0 Å². The normalized spacial score (nSPS) is 10.5. The topological polar surface area (TPSA) is 59.8 Å². The third-order valence-corrected chi connectivity index (χ3v) is 3.83. The second kappa shape index (κ2) is 9.06. The summed E-state index contributed by atoms with van der Waals surface area (Å²) < 4.78 is 11.0. The second-order valence-electron chi connectivity index (χ2n) is 6.06. The van der Waals surface area contributed by atoms with Crippen molar-refractivity contribution in [3.63, 3.8) is 0 Å². The SMILES string of the molecule is CCCOc1ccc(C(=O)CCC(=O)N(C)Cc2ccc(C)o2)cc1. The molecule has 0 spiro atoms. The first-order valence-corrected chi connectivity index (χ1v) is 8.55. The zero-order chi connectivity index (χ0) is 18.2. The first kappa shape index (κ1) is 18.8. The number of ether oxygens (including phenoxy) is 1. The molecule has 1 heterocycles. The molecular formula is C20H25NO4. The highest BCUT2D eigenvalue weighted by atomic mass is 16.5. The highest BCUT2D eigenvalue weighted by Crippen LogP contribution is 2.15. The Balaban J connectivity index is 1.81. The summed E-state index contributed by atoms with van der Waals surface area (Å²) in [6.45, 7) is 4.97. The number of carbonyl (C=O) groups excluding carboxylic acids is 2. The average molecular weight is 343 g/mol. The first-order valence-electron chi connectivity index (χ1n) is 8.55. The Hall–Kier alpha value is -2.56. The fourth-order valence-corrected chi connectivity index (χ4v) is 2.40. The average Bonchev–Trinajstić information content (AvgIpc) is 3.02. The van der Waals surface area contributed by atoms with Gasteiger partial charge in [-0.25, -0.2) is 0 Å². The van der Waals surface area contributed by atoms with E-state index >= 15 is 0 Å². The first-order chi connectivity index (χ1) is 12.0. The van der Waals surface area contributed by atoms with E-state index < -0.39 is 0 Å².